The number of carbonyl (C=O) groups excluding carboxylic acids is 1. The summed E-state index contributed by atoms with van der Waals surface area (Å²) >= 11 is 0. The first-order valence-electron chi connectivity index (χ1n) is 10.3. The molecule has 0 saturated carbocycles. The minimum Gasteiger partial charge on any atom is -0.493 e. The van der Waals surface area contributed by atoms with Gasteiger partial charge in [-0.05, 0) is 24.6 Å². The van der Waals surface area contributed by atoms with Crippen molar-refractivity contribution < 1.29 is 19.0 Å². The molecule has 174 valence electrons. The highest BCUT2D eigenvalue weighted by molar-refractivity contribution is 5.79. The van der Waals surface area contributed by atoms with Crippen molar-refractivity contribution in [1.29, 1.82) is 0 Å². The van der Waals surface area contributed by atoms with E-state index in [1.165, 1.54) is 11.1 Å². The Bertz CT molecular complexity index is 1020. The Balaban J connectivity index is 0.000000321. The van der Waals surface area contributed by atoms with Crippen molar-refractivity contribution in [2.75, 3.05) is 44.2 Å². The number of hydrogen-bond donors (Lipinski definition) is 3. The number of ether oxygens (including phenoxy) is 3. The van der Waals surface area contributed by atoms with E-state index in [-0.39, 0.29) is 0 Å². The first-order valence-corrected chi connectivity index (χ1v) is 10.3. The van der Waals surface area contributed by atoms with Crippen LogP contribution in [0.4, 0.5) is 17.1 Å². The molecule has 0 atom stereocenters. The molecule has 0 aliphatic rings. The van der Waals surface area contributed by atoms with Crippen molar-refractivity contribution in [2.45, 2.75) is 6.92 Å². The number of nitrogen functional groups attached to an aromatic ring is 1. The molecule has 0 aliphatic carbocycles. The van der Waals surface area contributed by atoms with Gasteiger partial charge in [0.15, 0.2) is 11.5 Å². The van der Waals surface area contributed by atoms with Crippen molar-refractivity contribution in [1.82, 2.24) is 0 Å². The number of anilines is 3. The molecule has 7 heteroatoms. The zero-order chi connectivity index (χ0) is 24.1. The Kier molecular flexibility index (Phi) is 10.1. The summed E-state index contributed by atoms with van der Waals surface area (Å²) in [7, 11) is 4.81. The third kappa shape index (κ3) is 7.81. The number of amides is 1. The van der Waals surface area contributed by atoms with Crippen LogP contribution in [0.3, 0.4) is 0 Å². The van der Waals surface area contributed by atoms with Gasteiger partial charge in [-0.15, -0.1) is 0 Å². The lowest BCUT2D eigenvalue weighted by atomic mass is 10.1. The Morgan fingerprint density at radius 3 is 2.09 bits per heavy atom. The van der Waals surface area contributed by atoms with E-state index in [0.29, 0.717) is 41.6 Å². The normalized spacial score (nSPS) is 10.1. The number of rotatable bonds is 9. The summed E-state index contributed by atoms with van der Waals surface area (Å²) in [6.07, 6.45) is 4.77. The van der Waals surface area contributed by atoms with E-state index in [1.54, 1.807) is 33.5 Å². The Labute approximate surface area is 195 Å². The SMILES string of the molecule is COc1cc(NC/C=C/c2ccc(C)cc2)cc(OC)c1OC.Nc1ccccc1NC=O. The zero-order valence-electron chi connectivity index (χ0n) is 19.4. The van der Waals surface area contributed by atoms with Crippen LogP contribution in [0.5, 0.6) is 17.2 Å². The molecule has 4 N–H and O–H groups in total. The van der Waals surface area contributed by atoms with Crippen LogP contribution in [0, 0.1) is 6.92 Å². The highest BCUT2D eigenvalue weighted by Crippen LogP contribution is 2.39. The van der Waals surface area contributed by atoms with Crippen LogP contribution in [0.2, 0.25) is 0 Å². The van der Waals surface area contributed by atoms with E-state index in [1.807, 2.05) is 24.3 Å². The third-order valence-electron chi connectivity index (χ3n) is 4.65. The van der Waals surface area contributed by atoms with Crippen molar-refractivity contribution >= 4 is 29.5 Å². The second-order valence-corrected chi connectivity index (χ2v) is 6.96. The molecule has 0 aliphatic heterocycles. The number of carbonyl (C=O) groups is 1. The first kappa shape index (κ1) is 25.1. The van der Waals surface area contributed by atoms with Crippen LogP contribution in [0.15, 0.2) is 66.7 Å². The van der Waals surface area contributed by atoms with Crippen LogP contribution in [0.1, 0.15) is 11.1 Å². The van der Waals surface area contributed by atoms with Gasteiger partial charge in [-0.1, -0.05) is 54.1 Å². The largest absolute Gasteiger partial charge is 0.493 e. The quantitative estimate of drug-likeness (QED) is 0.315. The molecule has 0 saturated heterocycles. The molecule has 7 nitrogen and oxygen atoms in total. The summed E-state index contributed by atoms with van der Waals surface area (Å²) in [6.45, 7) is 2.78. The molecule has 3 rings (SSSR count). The van der Waals surface area contributed by atoms with Crippen LogP contribution >= 0.6 is 0 Å². The van der Waals surface area contributed by atoms with Gasteiger partial charge < -0.3 is 30.6 Å². The Morgan fingerprint density at radius 2 is 1.55 bits per heavy atom. The predicted octanol–water partition coefficient (Wildman–Crippen LogP) is 4.98. The minimum absolute atomic E-state index is 0.578. The summed E-state index contributed by atoms with van der Waals surface area (Å²) in [5.74, 6) is 1.87. The second-order valence-electron chi connectivity index (χ2n) is 6.96. The average Bonchev–Trinajstić information content (AvgIpc) is 2.84. The van der Waals surface area contributed by atoms with E-state index < -0.39 is 0 Å². The standard InChI is InChI=1S/C19H23NO3.C7H8N2O/c1-14-7-9-15(10-8-14)6-5-11-20-16-12-17(21-2)19(23-4)18(13-16)22-3;8-6-3-1-2-4-7(6)9-5-10/h5-10,12-13,20H,11H2,1-4H3;1-5H,8H2,(H,9,10)/b6-5+;. The van der Waals surface area contributed by atoms with Crippen LogP contribution in [0.25, 0.3) is 6.08 Å². The minimum atomic E-state index is 0.578. The van der Waals surface area contributed by atoms with E-state index in [9.17, 15) is 4.79 Å². The van der Waals surface area contributed by atoms with E-state index in [2.05, 4.69) is 54.0 Å². The number of hydrogen-bond acceptors (Lipinski definition) is 6. The smallest absolute Gasteiger partial charge is 0.211 e. The fourth-order valence-corrected chi connectivity index (χ4v) is 2.92. The van der Waals surface area contributed by atoms with Gasteiger partial charge in [0.05, 0.1) is 32.7 Å². The summed E-state index contributed by atoms with van der Waals surface area (Å²) in [5.41, 5.74) is 10.1. The number of para-hydroxylation sites is 2. The lowest BCUT2D eigenvalue weighted by Gasteiger charge is -2.14. The van der Waals surface area contributed by atoms with Gasteiger partial charge in [0, 0.05) is 24.4 Å². The predicted molar refractivity (Wildman–Crippen MR) is 135 cm³/mol. The average molecular weight is 450 g/mol. The maximum absolute atomic E-state index is 9.96. The lowest BCUT2D eigenvalue weighted by molar-refractivity contribution is -0.105. The van der Waals surface area contributed by atoms with Crippen molar-refractivity contribution in [3.05, 3.63) is 77.9 Å². The Morgan fingerprint density at radius 1 is 0.909 bits per heavy atom. The van der Waals surface area contributed by atoms with E-state index >= 15 is 0 Å². The van der Waals surface area contributed by atoms with E-state index in [4.69, 9.17) is 19.9 Å². The summed E-state index contributed by atoms with van der Waals surface area (Å²) in [5, 5.41) is 5.79. The first-order chi connectivity index (χ1) is 16.0. The number of methoxy groups -OCH3 is 3. The molecule has 1 amide bonds. The molecular weight excluding hydrogens is 418 g/mol. The van der Waals surface area contributed by atoms with Gasteiger partial charge in [-0.25, -0.2) is 0 Å². The third-order valence-corrected chi connectivity index (χ3v) is 4.65. The summed E-state index contributed by atoms with van der Waals surface area (Å²) in [4.78, 5) is 9.96. The zero-order valence-corrected chi connectivity index (χ0v) is 19.4. The molecule has 0 radical (unpaired) electrons. The molecule has 3 aromatic carbocycles. The van der Waals surface area contributed by atoms with Gasteiger partial charge in [-0.3, -0.25) is 4.79 Å². The number of aryl methyl sites for hydroxylation is 1. The van der Waals surface area contributed by atoms with Crippen molar-refractivity contribution in [3.63, 3.8) is 0 Å². The van der Waals surface area contributed by atoms with Gasteiger partial charge in [-0.2, -0.15) is 0 Å². The highest BCUT2D eigenvalue weighted by Gasteiger charge is 2.12. The maximum atomic E-state index is 9.96. The molecule has 0 spiro atoms. The summed E-state index contributed by atoms with van der Waals surface area (Å²) < 4.78 is 16.0. The molecular formula is C26H31N3O4. The molecule has 0 fully saturated rings. The van der Waals surface area contributed by atoms with Gasteiger partial charge in [0.25, 0.3) is 0 Å². The number of nitrogens with two attached hydrogens (primary N) is 1. The van der Waals surface area contributed by atoms with Crippen molar-refractivity contribution in [3.8, 4) is 17.2 Å². The Hall–Kier alpha value is -4.13. The molecule has 0 aromatic heterocycles. The molecule has 0 heterocycles. The molecule has 33 heavy (non-hydrogen) atoms. The number of benzene rings is 3. The van der Waals surface area contributed by atoms with Crippen molar-refractivity contribution in [2.24, 2.45) is 0 Å². The maximum Gasteiger partial charge on any atom is 0.211 e. The lowest BCUT2D eigenvalue weighted by Crippen LogP contribution is -2.01. The second kappa shape index (κ2) is 13.3. The highest BCUT2D eigenvalue weighted by atomic mass is 16.5. The van der Waals surface area contributed by atoms with E-state index in [0.717, 1.165) is 5.69 Å². The summed E-state index contributed by atoms with van der Waals surface area (Å²) in [6, 6.07) is 19.3. The fourth-order valence-electron chi connectivity index (χ4n) is 2.92. The van der Waals surface area contributed by atoms with Gasteiger partial charge >= 0.3 is 0 Å². The number of nitrogens with one attached hydrogen (secondary N) is 2. The molecule has 0 unspecified atom stereocenters. The van der Waals surface area contributed by atoms with Crippen LogP contribution in [-0.2, 0) is 4.79 Å². The van der Waals surface area contributed by atoms with Crippen LogP contribution in [-0.4, -0.2) is 34.3 Å². The van der Waals surface area contributed by atoms with Gasteiger partial charge in [0.2, 0.25) is 12.2 Å². The monoisotopic (exact) mass is 449 g/mol. The molecule has 3 aromatic rings. The fraction of sp³-hybridized carbons (Fsp3) is 0.192. The van der Waals surface area contributed by atoms with Gasteiger partial charge in [0.1, 0.15) is 0 Å². The van der Waals surface area contributed by atoms with Crippen LogP contribution < -0.4 is 30.6 Å². The topological polar surface area (TPSA) is 94.8 Å². The molecule has 0 bridgehead atoms.